The Labute approximate surface area is 118 Å². The molecule has 3 heteroatoms. The van der Waals surface area contributed by atoms with Gasteiger partial charge in [0.1, 0.15) is 17.0 Å². The van der Waals surface area contributed by atoms with Crippen LogP contribution < -0.4 is 0 Å². The maximum absolute atomic E-state index is 7.18. The molecule has 98 valence electrons. The predicted molar refractivity (Wildman–Crippen MR) is 80.4 cm³/mol. The molecule has 20 heavy (non-hydrogen) atoms. The molecule has 0 aliphatic rings. The van der Waals surface area contributed by atoms with Crippen molar-refractivity contribution in [2.24, 2.45) is 0 Å². The van der Waals surface area contributed by atoms with Gasteiger partial charge in [-0.2, -0.15) is 0 Å². The van der Waals surface area contributed by atoms with Crippen molar-refractivity contribution in [1.82, 2.24) is 9.38 Å². The smallest absolute Gasteiger partial charge is 0.256 e. The molecule has 0 amide bonds. The quantitative estimate of drug-likeness (QED) is 0.638. The monoisotopic (exact) mass is 261 g/mol. The zero-order valence-corrected chi connectivity index (χ0v) is 11.6. The lowest BCUT2D eigenvalue weighted by Gasteiger charge is -2.01. The maximum Gasteiger partial charge on any atom is 0.256 e. The lowest BCUT2D eigenvalue weighted by atomic mass is 10.1. The van der Waals surface area contributed by atoms with Gasteiger partial charge in [0.15, 0.2) is 0 Å². The van der Waals surface area contributed by atoms with Gasteiger partial charge in [-0.3, -0.25) is 4.40 Å². The molecule has 0 bridgehead atoms. The van der Waals surface area contributed by atoms with Crippen molar-refractivity contribution >= 4 is 5.65 Å². The standard InChI is InChI=1S/C17H15N3/c1-12-4-7-14(8-5-12)17-15(10-18-3)20-11-13(2)6-9-16(20)19-17/h4-9,11H,10H2,1-2H3. The van der Waals surface area contributed by atoms with Crippen LogP contribution in [0.5, 0.6) is 0 Å². The van der Waals surface area contributed by atoms with Crippen molar-refractivity contribution in [3.05, 3.63) is 70.8 Å². The maximum atomic E-state index is 7.18. The average molecular weight is 261 g/mol. The van der Waals surface area contributed by atoms with E-state index < -0.39 is 0 Å². The number of rotatable bonds is 2. The molecule has 0 saturated carbocycles. The normalized spacial score (nSPS) is 10.7. The fourth-order valence-electron chi connectivity index (χ4n) is 2.37. The summed E-state index contributed by atoms with van der Waals surface area (Å²) in [6.07, 6.45) is 2.04. The Bertz CT molecular complexity index is 805. The molecule has 0 aliphatic heterocycles. The molecule has 0 saturated heterocycles. The summed E-state index contributed by atoms with van der Waals surface area (Å²) >= 11 is 0. The van der Waals surface area contributed by atoms with Crippen LogP contribution in [0.25, 0.3) is 21.7 Å². The molecule has 2 heterocycles. The Morgan fingerprint density at radius 1 is 1.05 bits per heavy atom. The number of nitrogens with zero attached hydrogens (tertiary/aromatic N) is 3. The lowest BCUT2D eigenvalue weighted by molar-refractivity contribution is 1.04. The summed E-state index contributed by atoms with van der Waals surface area (Å²) in [5.41, 5.74) is 6.21. The van der Waals surface area contributed by atoms with Crippen LogP contribution in [0.4, 0.5) is 0 Å². The van der Waals surface area contributed by atoms with Crippen molar-refractivity contribution in [3.63, 3.8) is 0 Å². The van der Waals surface area contributed by atoms with E-state index in [2.05, 4.69) is 36.0 Å². The molecular weight excluding hydrogens is 246 g/mol. The number of aromatic nitrogens is 2. The van der Waals surface area contributed by atoms with Crippen LogP contribution in [0, 0.1) is 20.4 Å². The first-order valence-electron chi connectivity index (χ1n) is 6.57. The van der Waals surface area contributed by atoms with Crippen molar-refractivity contribution in [2.45, 2.75) is 20.4 Å². The van der Waals surface area contributed by atoms with Crippen molar-refractivity contribution in [3.8, 4) is 11.3 Å². The highest BCUT2D eigenvalue weighted by Crippen LogP contribution is 2.26. The zero-order valence-electron chi connectivity index (χ0n) is 11.6. The van der Waals surface area contributed by atoms with Gasteiger partial charge in [-0.25, -0.2) is 11.6 Å². The van der Waals surface area contributed by atoms with Crippen LogP contribution in [-0.2, 0) is 6.54 Å². The number of benzene rings is 1. The molecule has 0 radical (unpaired) electrons. The highest BCUT2D eigenvalue weighted by molar-refractivity contribution is 5.67. The molecular formula is C17H15N3. The van der Waals surface area contributed by atoms with Crippen molar-refractivity contribution in [2.75, 3.05) is 0 Å². The zero-order chi connectivity index (χ0) is 14.1. The van der Waals surface area contributed by atoms with E-state index >= 15 is 0 Å². The molecule has 0 unspecified atom stereocenters. The topological polar surface area (TPSA) is 21.7 Å². The molecule has 0 spiro atoms. The summed E-state index contributed by atoms with van der Waals surface area (Å²) in [5.74, 6) is 0. The van der Waals surface area contributed by atoms with Gasteiger partial charge < -0.3 is 4.85 Å². The van der Waals surface area contributed by atoms with Crippen LogP contribution in [0.2, 0.25) is 0 Å². The fourth-order valence-corrected chi connectivity index (χ4v) is 2.37. The minimum absolute atomic E-state index is 0.341. The van der Waals surface area contributed by atoms with Crippen LogP contribution in [0.1, 0.15) is 16.8 Å². The van der Waals surface area contributed by atoms with Gasteiger partial charge in [0.05, 0.1) is 0 Å². The summed E-state index contributed by atoms with van der Waals surface area (Å²) < 4.78 is 2.03. The third-order valence-corrected chi connectivity index (χ3v) is 3.42. The van der Waals surface area contributed by atoms with Crippen molar-refractivity contribution in [1.29, 1.82) is 0 Å². The van der Waals surface area contributed by atoms with E-state index in [-0.39, 0.29) is 0 Å². The number of hydrogen-bond donors (Lipinski definition) is 0. The second kappa shape index (κ2) is 4.82. The van der Waals surface area contributed by atoms with E-state index in [1.54, 1.807) is 0 Å². The molecule has 3 nitrogen and oxygen atoms in total. The van der Waals surface area contributed by atoms with Gasteiger partial charge >= 0.3 is 0 Å². The second-order valence-electron chi connectivity index (χ2n) is 5.02. The Hall–Kier alpha value is -2.60. The highest BCUT2D eigenvalue weighted by atomic mass is 15.0. The number of imidazole rings is 1. The molecule has 3 rings (SSSR count). The Kier molecular flexibility index (Phi) is 3.00. The third kappa shape index (κ3) is 2.06. The summed E-state index contributed by atoms with van der Waals surface area (Å²) in [5, 5.41) is 0. The third-order valence-electron chi connectivity index (χ3n) is 3.42. The lowest BCUT2D eigenvalue weighted by Crippen LogP contribution is -1.93. The first-order valence-corrected chi connectivity index (χ1v) is 6.57. The predicted octanol–water partition coefficient (Wildman–Crippen LogP) is 4.04. The average Bonchev–Trinajstić information content (AvgIpc) is 2.79. The van der Waals surface area contributed by atoms with Gasteiger partial charge in [-0.15, -0.1) is 0 Å². The van der Waals surface area contributed by atoms with E-state index in [0.717, 1.165) is 28.2 Å². The van der Waals surface area contributed by atoms with Gasteiger partial charge in [0.25, 0.3) is 6.54 Å². The molecule has 0 aliphatic carbocycles. The first-order chi connectivity index (χ1) is 9.69. The number of pyridine rings is 1. The van der Waals surface area contributed by atoms with Crippen LogP contribution in [0.15, 0.2) is 42.6 Å². The highest BCUT2D eigenvalue weighted by Gasteiger charge is 2.15. The molecule has 2 aromatic heterocycles. The number of aryl methyl sites for hydroxylation is 2. The summed E-state index contributed by atoms with van der Waals surface area (Å²) in [6, 6.07) is 12.3. The molecule has 0 atom stereocenters. The Morgan fingerprint density at radius 3 is 2.45 bits per heavy atom. The first kappa shape index (κ1) is 12.4. The van der Waals surface area contributed by atoms with Gasteiger partial charge in [0.2, 0.25) is 0 Å². The van der Waals surface area contributed by atoms with E-state index in [1.807, 2.05) is 29.7 Å². The summed E-state index contributed by atoms with van der Waals surface area (Å²) in [4.78, 5) is 8.24. The SMILES string of the molecule is [C-]#[N+]Cc1c(-c2ccc(C)cc2)nc2ccc(C)cn12. The van der Waals surface area contributed by atoms with E-state index in [4.69, 9.17) is 11.6 Å². The molecule has 1 aromatic carbocycles. The molecule has 0 N–H and O–H groups in total. The fraction of sp³-hybridized carbons (Fsp3) is 0.176. The number of hydrogen-bond acceptors (Lipinski definition) is 1. The summed E-state index contributed by atoms with van der Waals surface area (Å²) in [7, 11) is 0. The van der Waals surface area contributed by atoms with E-state index in [9.17, 15) is 0 Å². The van der Waals surface area contributed by atoms with E-state index in [1.165, 1.54) is 5.56 Å². The summed E-state index contributed by atoms with van der Waals surface area (Å²) in [6.45, 7) is 11.6. The van der Waals surface area contributed by atoms with Crippen LogP contribution >= 0.6 is 0 Å². The van der Waals surface area contributed by atoms with Crippen molar-refractivity contribution < 1.29 is 0 Å². The van der Waals surface area contributed by atoms with E-state index in [0.29, 0.717) is 6.54 Å². The van der Waals surface area contributed by atoms with Crippen LogP contribution in [0.3, 0.4) is 0 Å². The van der Waals surface area contributed by atoms with Gasteiger partial charge in [0, 0.05) is 11.8 Å². The minimum Gasteiger partial charge on any atom is -0.310 e. The van der Waals surface area contributed by atoms with Gasteiger partial charge in [-0.05, 0) is 25.5 Å². The molecule has 0 fully saturated rings. The largest absolute Gasteiger partial charge is 0.310 e. The molecule has 3 aromatic rings. The second-order valence-corrected chi connectivity index (χ2v) is 5.02. The van der Waals surface area contributed by atoms with Gasteiger partial charge in [-0.1, -0.05) is 35.9 Å². The van der Waals surface area contributed by atoms with Crippen LogP contribution in [-0.4, -0.2) is 9.38 Å². The Balaban J connectivity index is 2.26. The minimum atomic E-state index is 0.341. The Morgan fingerprint density at radius 2 is 1.75 bits per heavy atom. The number of fused-ring (bicyclic) bond motifs is 1.